The minimum atomic E-state index is -0.0137. The molecule has 0 N–H and O–H groups in total. The van der Waals surface area contributed by atoms with Crippen LogP contribution in [0.1, 0.15) is 27.9 Å². The van der Waals surface area contributed by atoms with Gasteiger partial charge in [0, 0.05) is 11.1 Å². The summed E-state index contributed by atoms with van der Waals surface area (Å²) >= 11 is 0. The maximum atomic E-state index is 13.0. The zero-order valence-electron chi connectivity index (χ0n) is 15.4. The first-order valence-electron chi connectivity index (χ1n) is 8.34. The first-order valence-corrected chi connectivity index (χ1v) is 8.34. The lowest BCUT2D eigenvalue weighted by Gasteiger charge is -2.20. The number of ether oxygens (including phenoxy) is 4. The second-order valence-corrected chi connectivity index (χ2v) is 5.94. The van der Waals surface area contributed by atoms with Crippen molar-refractivity contribution in [3.63, 3.8) is 0 Å². The smallest absolute Gasteiger partial charge is 0.189 e. The number of hydrogen-bond acceptors (Lipinski definition) is 5. The SMILES string of the molecule is COc1cc2c(cc1OC)C(=O)/C(=C/c1c(OC)cccc1OC)CC2. The monoisotopic (exact) mass is 354 g/mol. The van der Waals surface area contributed by atoms with E-state index in [2.05, 4.69) is 0 Å². The molecule has 2 aromatic rings. The number of benzene rings is 2. The number of carbonyl (C=O) groups excluding carboxylic acids is 1. The van der Waals surface area contributed by atoms with Crippen LogP contribution in [0.4, 0.5) is 0 Å². The Morgan fingerprint density at radius 2 is 1.38 bits per heavy atom. The number of hydrogen-bond donors (Lipinski definition) is 0. The standard InChI is InChI=1S/C21H22O5/c1-23-17-6-5-7-18(24-2)16(17)10-14-9-8-13-11-19(25-3)20(26-4)12-15(13)21(14)22/h5-7,10-12H,8-9H2,1-4H3/b14-10+. The molecule has 0 spiro atoms. The summed E-state index contributed by atoms with van der Waals surface area (Å²) in [5, 5.41) is 0. The number of aryl methyl sites for hydroxylation is 1. The molecule has 5 heteroatoms. The normalized spacial score (nSPS) is 14.8. The predicted molar refractivity (Wildman–Crippen MR) is 99.7 cm³/mol. The molecule has 0 radical (unpaired) electrons. The lowest BCUT2D eigenvalue weighted by atomic mass is 9.85. The van der Waals surface area contributed by atoms with Crippen molar-refractivity contribution < 1.29 is 23.7 Å². The molecule has 0 amide bonds. The largest absolute Gasteiger partial charge is 0.496 e. The van der Waals surface area contributed by atoms with Crippen molar-refractivity contribution >= 4 is 11.9 Å². The van der Waals surface area contributed by atoms with Crippen LogP contribution in [0.15, 0.2) is 35.9 Å². The van der Waals surface area contributed by atoms with Gasteiger partial charge in [0.15, 0.2) is 17.3 Å². The Morgan fingerprint density at radius 1 is 0.808 bits per heavy atom. The number of allylic oxidation sites excluding steroid dienone is 1. The van der Waals surface area contributed by atoms with Crippen molar-refractivity contribution in [1.29, 1.82) is 0 Å². The number of fused-ring (bicyclic) bond motifs is 1. The maximum absolute atomic E-state index is 13.0. The summed E-state index contributed by atoms with van der Waals surface area (Å²) in [4.78, 5) is 13.0. The summed E-state index contributed by atoms with van der Waals surface area (Å²) < 4.78 is 21.5. The summed E-state index contributed by atoms with van der Waals surface area (Å²) in [7, 11) is 6.36. The van der Waals surface area contributed by atoms with Gasteiger partial charge in [0.2, 0.25) is 0 Å². The van der Waals surface area contributed by atoms with Gasteiger partial charge in [0.05, 0.1) is 34.0 Å². The summed E-state index contributed by atoms with van der Waals surface area (Å²) in [6.45, 7) is 0. The van der Waals surface area contributed by atoms with Gasteiger partial charge < -0.3 is 18.9 Å². The van der Waals surface area contributed by atoms with Gasteiger partial charge in [-0.15, -0.1) is 0 Å². The van der Waals surface area contributed by atoms with Crippen molar-refractivity contribution in [3.05, 3.63) is 52.6 Å². The predicted octanol–water partition coefficient (Wildman–Crippen LogP) is 3.93. The van der Waals surface area contributed by atoms with Gasteiger partial charge in [0.25, 0.3) is 0 Å². The Labute approximate surface area is 153 Å². The molecule has 0 saturated carbocycles. The van der Waals surface area contributed by atoms with Crippen molar-refractivity contribution in [2.75, 3.05) is 28.4 Å². The summed E-state index contributed by atoms with van der Waals surface area (Å²) in [5.41, 5.74) is 3.10. The molecule has 2 aromatic carbocycles. The fourth-order valence-electron chi connectivity index (χ4n) is 3.23. The highest BCUT2D eigenvalue weighted by Gasteiger charge is 2.25. The van der Waals surface area contributed by atoms with Gasteiger partial charge in [-0.2, -0.15) is 0 Å². The van der Waals surface area contributed by atoms with E-state index in [4.69, 9.17) is 18.9 Å². The Bertz CT molecular complexity index is 845. The molecule has 0 saturated heterocycles. The summed E-state index contributed by atoms with van der Waals surface area (Å²) in [6.07, 6.45) is 3.26. The highest BCUT2D eigenvalue weighted by molar-refractivity contribution is 6.13. The third-order valence-electron chi connectivity index (χ3n) is 4.59. The van der Waals surface area contributed by atoms with E-state index in [1.807, 2.05) is 30.3 Å². The Balaban J connectivity index is 2.06. The molecule has 1 aliphatic carbocycles. The van der Waals surface area contributed by atoms with Crippen LogP contribution >= 0.6 is 0 Å². The molecule has 0 aromatic heterocycles. The minimum Gasteiger partial charge on any atom is -0.496 e. The molecule has 3 rings (SSSR count). The van der Waals surface area contributed by atoms with E-state index in [1.54, 1.807) is 34.5 Å². The Hall–Kier alpha value is -2.95. The minimum absolute atomic E-state index is 0.0137. The molecule has 0 fully saturated rings. The molecule has 26 heavy (non-hydrogen) atoms. The molecule has 0 unspecified atom stereocenters. The van der Waals surface area contributed by atoms with Crippen LogP contribution in [0.3, 0.4) is 0 Å². The van der Waals surface area contributed by atoms with E-state index in [9.17, 15) is 4.79 Å². The van der Waals surface area contributed by atoms with Crippen molar-refractivity contribution in [2.45, 2.75) is 12.8 Å². The average Bonchev–Trinajstić information content (AvgIpc) is 2.69. The fraction of sp³-hybridized carbons (Fsp3) is 0.286. The van der Waals surface area contributed by atoms with Gasteiger partial charge >= 0.3 is 0 Å². The van der Waals surface area contributed by atoms with Crippen molar-refractivity contribution in [3.8, 4) is 23.0 Å². The molecule has 0 heterocycles. The second-order valence-electron chi connectivity index (χ2n) is 5.94. The zero-order valence-corrected chi connectivity index (χ0v) is 15.4. The first kappa shape index (κ1) is 17.9. The number of carbonyl (C=O) groups is 1. The second kappa shape index (κ2) is 7.52. The van der Waals surface area contributed by atoms with Gasteiger partial charge in [-0.05, 0) is 48.7 Å². The number of Topliss-reactive ketones (excluding diaryl/α,β-unsaturated/α-hetero) is 1. The molecule has 136 valence electrons. The van der Waals surface area contributed by atoms with Crippen LogP contribution in [-0.2, 0) is 6.42 Å². The Morgan fingerprint density at radius 3 is 1.96 bits per heavy atom. The lowest BCUT2D eigenvalue weighted by molar-refractivity contribution is 0.102. The highest BCUT2D eigenvalue weighted by Crippen LogP contribution is 2.37. The van der Waals surface area contributed by atoms with Gasteiger partial charge in [-0.3, -0.25) is 4.79 Å². The zero-order chi connectivity index (χ0) is 18.7. The van der Waals surface area contributed by atoms with Crippen LogP contribution in [-0.4, -0.2) is 34.2 Å². The van der Waals surface area contributed by atoms with Gasteiger partial charge in [-0.25, -0.2) is 0 Å². The number of methoxy groups -OCH3 is 4. The molecule has 0 bridgehead atoms. The van der Waals surface area contributed by atoms with Crippen LogP contribution < -0.4 is 18.9 Å². The maximum Gasteiger partial charge on any atom is 0.189 e. The number of ketones is 1. The third kappa shape index (κ3) is 3.12. The van der Waals surface area contributed by atoms with E-state index < -0.39 is 0 Å². The third-order valence-corrected chi connectivity index (χ3v) is 4.59. The molecule has 0 atom stereocenters. The molecule has 1 aliphatic rings. The first-order chi connectivity index (χ1) is 12.6. The summed E-state index contributed by atoms with van der Waals surface area (Å²) in [5.74, 6) is 2.51. The van der Waals surface area contributed by atoms with E-state index in [-0.39, 0.29) is 5.78 Å². The summed E-state index contributed by atoms with van der Waals surface area (Å²) in [6, 6.07) is 9.19. The van der Waals surface area contributed by atoms with Crippen LogP contribution in [0, 0.1) is 0 Å². The highest BCUT2D eigenvalue weighted by atomic mass is 16.5. The molecule has 5 nitrogen and oxygen atoms in total. The fourth-order valence-corrected chi connectivity index (χ4v) is 3.23. The number of rotatable bonds is 5. The van der Waals surface area contributed by atoms with E-state index in [0.29, 0.717) is 40.6 Å². The molecule has 0 aliphatic heterocycles. The quantitative estimate of drug-likeness (QED) is 0.762. The topological polar surface area (TPSA) is 54.0 Å². The van der Waals surface area contributed by atoms with E-state index in [0.717, 1.165) is 17.5 Å². The van der Waals surface area contributed by atoms with Crippen molar-refractivity contribution in [2.24, 2.45) is 0 Å². The Kier molecular flexibility index (Phi) is 5.16. The van der Waals surface area contributed by atoms with Gasteiger partial charge in [-0.1, -0.05) is 6.07 Å². The van der Waals surface area contributed by atoms with Crippen molar-refractivity contribution in [1.82, 2.24) is 0 Å². The molecular formula is C21H22O5. The van der Waals surface area contributed by atoms with E-state index in [1.165, 1.54) is 0 Å². The lowest BCUT2D eigenvalue weighted by Crippen LogP contribution is -2.15. The van der Waals surface area contributed by atoms with Gasteiger partial charge in [0.1, 0.15) is 11.5 Å². The molecular weight excluding hydrogens is 332 g/mol. The van der Waals surface area contributed by atoms with Crippen LogP contribution in [0.25, 0.3) is 6.08 Å². The van der Waals surface area contributed by atoms with Crippen LogP contribution in [0.2, 0.25) is 0 Å². The van der Waals surface area contributed by atoms with Crippen LogP contribution in [0.5, 0.6) is 23.0 Å². The average molecular weight is 354 g/mol. The van der Waals surface area contributed by atoms with E-state index >= 15 is 0 Å².